The lowest BCUT2D eigenvalue weighted by atomic mass is 10.1. The minimum Gasteiger partial charge on any atom is -0.466 e. The lowest BCUT2D eigenvalue weighted by Crippen LogP contribution is -2.59. The average molecular weight is 214 g/mol. The second kappa shape index (κ2) is 6.08. The summed E-state index contributed by atoms with van der Waals surface area (Å²) in [5.74, 6) is -0.0873. The summed E-state index contributed by atoms with van der Waals surface area (Å²) in [4.78, 5) is 13.7. The first kappa shape index (κ1) is 12.5. The zero-order chi connectivity index (χ0) is 11.3. The third-order valence-corrected chi connectivity index (χ3v) is 2.93. The molecule has 1 unspecified atom stereocenters. The number of hydrogen-bond acceptors (Lipinski definition) is 4. The van der Waals surface area contributed by atoms with Gasteiger partial charge in [0.15, 0.2) is 0 Å². The summed E-state index contributed by atoms with van der Waals surface area (Å²) in [6.45, 7) is 9.63. The van der Waals surface area contributed by atoms with Crippen LogP contribution in [0.5, 0.6) is 0 Å². The van der Waals surface area contributed by atoms with Crippen LogP contribution in [0, 0.1) is 0 Å². The molecule has 1 aliphatic rings. The highest BCUT2D eigenvalue weighted by Gasteiger charge is 2.28. The van der Waals surface area contributed by atoms with Gasteiger partial charge in [-0.1, -0.05) is 6.92 Å². The number of nitrogens with one attached hydrogen (secondary N) is 1. The average Bonchev–Trinajstić information content (AvgIpc) is 2.10. The van der Waals surface area contributed by atoms with Gasteiger partial charge in [-0.05, 0) is 20.4 Å². The van der Waals surface area contributed by atoms with Gasteiger partial charge in [-0.25, -0.2) is 0 Å². The fourth-order valence-electron chi connectivity index (χ4n) is 2.02. The molecule has 0 amide bonds. The summed E-state index contributed by atoms with van der Waals surface area (Å²) < 4.78 is 4.96. The van der Waals surface area contributed by atoms with E-state index in [1.165, 1.54) is 0 Å². The van der Waals surface area contributed by atoms with Crippen LogP contribution in [0.1, 0.15) is 27.2 Å². The van der Waals surface area contributed by atoms with Crippen LogP contribution in [0.2, 0.25) is 0 Å². The molecule has 0 aromatic rings. The number of ether oxygens (including phenoxy) is 1. The van der Waals surface area contributed by atoms with E-state index in [0.29, 0.717) is 19.1 Å². The van der Waals surface area contributed by atoms with E-state index >= 15 is 0 Å². The zero-order valence-electron chi connectivity index (χ0n) is 9.95. The van der Waals surface area contributed by atoms with Crippen molar-refractivity contribution < 1.29 is 9.53 Å². The number of esters is 1. The molecule has 1 atom stereocenters. The van der Waals surface area contributed by atoms with Crippen molar-refractivity contribution in [1.29, 1.82) is 0 Å². The Kier molecular flexibility index (Phi) is 5.05. The maximum atomic E-state index is 11.3. The number of hydrogen-bond donors (Lipinski definition) is 1. The topological polar surface area (TPSA) is 41.6 Å². The van der Waals surface area contributed by atoms with Crippen LogP contribution < -0.4 is 5.32 Å². The minimum absolute atomic E-state index is 0.0873. The molecule has 0 bridgehead atoms. The molecule has 1 saturated heterocycles. The Bertz CT molecular complexity index is 205. The lowest BCUT2D eigenvalue weighted by Gasteiger charge is -2.41. The van der Waals surface area contributed by atoms with Gasteiger partial charge in [-0.2, -0.15) is 0 Å². The third-order valence-electron chi connectivity index (χ3n) is 2.93. The van der Waals surface area contributed by atoms with Gasteiger partial charge in [0.2, 0.25) is 0 Å². The monoisotopic (exact) mass is 214 g/mol. The van der Waals surface area contributed by atoms with Crippen molar-refractivity contribution in [2.45, 2.75) is 39.3 Å². The largest absolute Gasteiger partial charge is 0.466 e. The van der Waals surface area contributed by atoms with Crippen LogP contribution in [0.3, 0.4) is 0 Å². The highest BCUT2D eigenvalue weighted by molar-refractivity contribution is 5.70. The Morgan fingerprint density at radius 1 is 1.53 bits per heavy atom. The molecule has 1 fully saturated rings. The molecule has 1 N–H and O–H groups in total. The maximum absolute atomic E-state index is 11.3. The van der Waals surface area contributed by atoms with E-state index in [2.05, 4.69) is 24.1 Å². The predicted octanol–water partition coefficient (Wildman–Crippen LogP) is 0.622. The standard InChI is InChI=1S/C11H22N2O2/c1-4-13(10-7-12-8-10)9(3)6-11(14)15-5-2/h9-10,12H,4-8H2,1-3H3. The first-order chi connectivity index (χ1) is 7.19. The Morgan fingerprint density at radius 3 is 2.60 bits per heavy atom. The molecule has 15 heavy (non-hydrogen) atoms. The van der Waals surface area contributed by atoms with Gasteiger partial charge in [-0.3, -0.25) is 9.69 Å². The van der Waals surface area contributed by atoms with Crippen molar-refractivity contribution in [2.24, 2.45) is 0 Å². The lowest BCUT2D eigenvalue weighted by molar-refractivity contribution is -0.144. The Balaban J connectivity index is 2.35. The van der Waals surface area contributed by atoms with Crippen molar-refractivity contribution in [2.75, 3.05) is 26.2 Å². The number of carbonyl (C=O) groups excluding carboxylic acids is 1. The maximum Gasteiger partial charge on any atom is 0.307 e. The van der Waals surface area contributed by atoms with Crippen LogP contribution in [-0.2, 0) is 9.53 Å². The van der Waals surface area contributed by atoms with Crippen LogP contribution in [0.15, 0.2) is 0 Å². The van der Waals surface area contributed by atoms with E-state index in [9.17, 15) is 4.79 Å². The third kappa shape index (κ3) is 3.47. The van der Waals surface area contributed by atoms with Crippen molar-refractivity contribution >= 4 is 5.97 Å². The van der Waals surface area contributed by atoms with Gasteiger partial charge in [0, 0.05) is 25.2 Å². The number of carbonyl (C=O) groups is 1. The fourth-order valence-corrected chi connectivity index (χ4v) is 2.02. The Morgan fingerprint density at radius 2 is 2.20 bits per heavy atom. The van der Waals surface area contributed by atoms with Crippen molar-refractivity contribution in [1.82, 2.24) is 10.2 Å². The quantitative estimate of drug-likeness (QED) is 0.658. The van der Waals surface area contributed by atoms with Gasteiger partial charge in [0.1, 0.15) is 0 Å². The molecule has 0 aromatic heterocycles. The molecule has 0 spiro atoms. The molecule has 1 heterocycles. The van der Waals surface area contributed by atoms with Gasteiger partial charge in [0.25, 0.3) is 0 Å². The molecule has 1 aliphatic heterocycles. The van der Waals surface area contributed by atoms with Crippen molar-refractivity contribution in [3.63, 3.8) is 0 Å². The Hall–Kier alpha value is -0.610. The van der Waals surface area contributed by atoms with E-state index < -0.39 is 0 Å². The van der Waals surface area contributed by atoms with E-state index in [0.717, 1.165) is 19.6 Å². The molecule has 4 nitrogen and oxygen atoms in total. The first-order valence-electron chi connectivity index (χ1n) is 5.81. The van der Waals surface area contributed by atoms with E-state index in [4.69, 9.17) is 4.74 Å². The molecule has 88 valence electrons. The molecule has 0 aliphatic carbocycles. The smallest absolute Gasteiger partial charge is 0.307 e. The van der Waals surface area contributed by atoms with Crippen LogP contribution in [0.25, 0.3) is 0 Å². The molecular weight excluding hydrogens is 192 g/mol. The Labute approximate surface area is 92.0 Å². The normalized spacial score (nSPS) is 18.7. The summed E-state index contributed by atoms with van der Waals surface area (Å²) in [6.07, 6.45) is 0.498. The first-order valence-corrected chi connectivity index (χ1v) is 5.81. The van der Waals surface area contributed by atoms with Crippen LogP contribution in [0.4, 0.5) is 0 Å². The summed E-state index contributed by atoms with van der Waals surface area (Å²) in [5, 5.41) is 3.25. The molecule has 4 heteroatoms. The number of nitrogens with zero attached hydrogens (tertiary/aromatic N) is 1. The highest BCUT2D eigenvalue weighted by atomic mass is 16.5. The van der Waals surface area contributed by atoms with E-state index in [1.807, 2.05) is 6.92 Å². The van der Waals surface area contributed by atoms with E-state index in [-0.39, 0.29) is 12.0 Å². The van der Waals surface area contributed by atoms with Gasteiger partial charge in [-0.15, -0.1) is 0 Å². The van der Waals surface area contributed by atoms with Crippen LogP contribution >= 0.6 is 0 Å². The van der Waals surface area contributed by atoms with Crippen molar-refractivity contribution in [3.8, 4) is 0 Å². The molecule has 1 rings (SSSR count). The van der Waals surface area contributed by atoms with E-state index in [1.54, 1.807) is 0 Å². The second-order valence-electron chi connectivity index (χ2n) is 4.00. The minimum atomic E-state index is -0.0873. The summed E-state index contributed by atoms with van der Waals surface area (Å²) in [6, 6.07) is 0.876. The summed E-state index contributed by atoms with van der Waals surface area (Å²) >= 11 is 0. The SMILES string of the molecule is CCOC(=O)CC(C)N(CC)C1CNC1. The number of rotatable bonds is 6. The molecule has 0 saturated carbocycles. The van der Waals surface area contributed by atoms with Gasteiger partial charge in [0.05, 0.1) is 13.0 Å². The van der Waals surface area contributed by atoms with Gasteiger partial charge < -0.3 is 10.1 Å². The number of likely N-dealkylation sites (N-methyl/N-ethyl adjacent to an activating group) is 1. The molecular formula is C11H22N2O2. The highest BCUT2D eigenvalue weighted by Crippen LogP contribution is 2.12. The fraction of sp³-hybridized carbons (Fsp3) is 0.909. The molecule has 0 radical (unpaired) electrons. The second-order valence-corrected chi connectivity index (χ2v) is 4.00. The zero-order valence-corrected chi connectivity index (χ0v) is 9.95. The summed E-state index contributed by atoms with van der Waals surface area (Å²) in [5.41, 5.74) is 0. The molecule has 0 aromatic carbocycles. The van der Waals surface area contributed by atoms with Crippen molar-refractivity contribution in [3.05, 3.63) is 0 Å². The predicted molar refractivity (Wildman–Crippen MR) is 59.7 cm³/mol. The summed E-state index contributed by atoms with van der Waals surface area (Å²) in [7, 11) is 0. The van der Waals surface area contributed by atoms with Crippen LogP contribution in [-0.4, -0.2) is 49.2 Å². The van der Waals surface area contributed by atoms with Gasteiger partial charge >= 0.3 is 5.97 Å².